The first kappa shape index (κ1) is 24.5. The van der Waals surface area contributed by atoms with Gasteiger partial charge in [0.1, 0.15) is 11.4 Å². The van der Waals surface area contributed by atoms with Crippen molar-refractivity contribution in [3.05, 3.63) is 150 Å². The van der Waals surface area contributed by atoms with E-state index in [0.29, 0.717) is 23.4 Å². The van der Waals surface area contributed by atoms with Gasteiger partial charge in [-0.05, 0) is 35.9 Å². The molecule has 6 heteroatoms. The van der Waals surface area contributed by atoms with Crippen LogP contribution in [0, 0.1) is 0 Å². The fourth-order valence-electron chi connectivity index (χ4n) is 4.00. The van der Waals surface area contributed by atoms with Crippen molar-refractivity contribution >= 4 is 17.9 Å². The zero-order valence-electron chi connectivity index (χ0n) is 20.6. The van der Waals surface area contributed by atoms with E-state index in [0.717, 1.165) is 16.8 Å². The number of hydrogen-bond donors (Lipinski definition) is 2. The minimum atomic E-state index is -0.399. The van der Waals surface area contributed by atoms with Gasteiger partial charge in [-0.15, -0.1) is 0 Å². The summed E-state index contributed by atoms with van der Waals surface area (Å²) in [6.07, 6.45) is 3.53. The van der Waals surface area contributed by atoms with E-state index in [9.17, 15) is 9.59 Å². The summed E-state index contributed by atoms with van der Waals surface area (Å²) in [5, 5.41) is 10.6. The minimum absolute atomic E-state index is 0.125. The number of nitrogens with zero attached hydrogens (tertiary/aromatic N) is 2. The van der Waals surface area contributed by atoms with Gasteiger partial charge in [-0.25, -0.2) is 4.68 Å². The van der Waals surface area contributed by atoms with Crippen molar-refractivity contribution in [1.82, 2.24) is 20.4 Å². The molecule has 0 spiro atoms. The summed E-state index contributed by atoms with van der Waals surface area (Å²) in [5.41, 5.74) is 4.70. The number of aromatic nitrogens is 2. The van der Waals surface area contributed by atoms with Gasteiger partial charge in [0.15, 0.2) is 0 Å². The van der Waals surface area contributed by atoms with Crippen molar-refractivity contribution in [3.8, 4) is 16.9 Å². The van der Waals surface area contributed by atoms with Crippen LogP contribution in [0.5, 0.6) is 0 Å². The summed E-state index contributed by atoms with van der Waals surface area (Å²) in [7, 11) is 0. The Bertz CT molecular complexity index is 1540. The van der Waals surface area contributed by atoms with Gasteiger partial charge in [0, 0.05) is 29.4 Å². The smallest absolute Gasteiger partial charge is 0.268 e. The van der Waals surface area contributed by atoms with E-state index >= 15 is 0 Å². The van der Waals surface area contributed by atoms with Gasteiger partial charge in [-0.2, -0.15) is 5.10 Å². The molecule has 0 aliphatic rings. The standard InChI is InChI=1S/C32H26N4O2/c37-31(26-17-9-3-10-18-26)34-29(32(38)33-22-24-13-5-1-6-14-24)21-27-23-36(28-19-11-4-12-20-28)35-30(27)25-15-7-2-8-16-25/h1-21,23H,22H2,(H,33,38)(H,34,37)/b29-21-. The number of carbonyl (C=O) groups excluding carboxylic acids is 2. The van der Waals surface area contributed by atoms with Crippen LogP contribution in [0.15, 0.2) is 133 Å². The van der Waals surface area contributed by atoms with Crippen molar-refractivity contribution in [3.63, 3.8) is 0 Å². The predicted molar refractivity (Wildman–Crippen MR) is 149 cm³/mol. The Morgan fingerprint density at radius 1 is 0.737 bits per heavy atom. The number of amides is 2. The van der Waals surface area contributed by atoms with Crippen LogP contribution in [-0.4, -0.2) is 21.6 Å². The highest BCUT2D eigenvalue weighted by molar-refractivity contribution is 6.05. The van der Waals surface area contributed by atoms with Crippen molar-refractivity contribution in [2.24, 2.45) is 0 Å². The quantitative estimate of drug-likeness (QED) is 0.273. The molecule has 0 aliphatic carbocycles. The molecule has 0 saturated carbocycles. The molecule has 6 nitrogen and oxygen atoms in total. The van der Waals surface area contributed by atoms with Crippen molar-refractivity contribution in [2.75, 3.05) is 0 Å². The fourth-order valence-corrected chi connectivity index (χ4v) is 4.00. The first-order valence-corrected chi connectivity index (χ1v) is 12.3. The molecular formula is C32H26N4O2. The Morgan fingerprint density at radius 2 is 1.32 bits per heavy atom. The lowest BCUT2D eigenvalue weighted by atomic mass is 10.1. The zero-order chi connectivity index (χ0) is 26.2. The highest BCUT2D eigenvalue weighted by Gasteiger charge is 2.18. The number of carbonyl (C=O) groups is 2. The molecule has 0 bridgehead atoms. The number of para-hydroxylation sites is 1. The molecule has 0 atom stereocenters. The maximum absolute atomic E-state index is 13.4. The second-order valence-corrected chi connectivity index (χ2v) is 8.63. The van der Waals surface area contributed by atoms with Crippen LogP contribution in [0.4, 0.5) is 0 Å². The molecule has 2 N–H and O–H groups in total. The summed E-state index contributed by atoms with van der Waals surface area (Å²) in [6.45, 7) is 0.326. The van der Waals surface area contributed by atoms with Gasteiger partial charge in [0.25, 0.3) is 11.8 Å². The number of nitrogens with one attached hydrogen (secondary N) is 2. The van der Waals surface area contributed by atoms with Gasteiger partial charge in [0.05, 0.1) is 5.69 Å². The van der Waals surface area contributed by atoms with Gasteiger partial charge in [0.2, 0.25) is 0 Å². The number of hydrogen-bond acceptors (Lipinski definition) is 3. The molecule has 2 amide bonds. The third kappa shape index (κ3) is 5.94. The molecule has 0 unspecified atom stereocenters. The maximum atomic E-state index is 13.4. The topological polar surface area (TPSA) is 76.0 Å². The molecule has 1 heterocycles. The second kappa shape index (κ2) is 11.7. The van der Waals surface area contributed by atoms with Crippen LogP contribution in [-0.2, 0) is 11.3 Å². The lowest BCUT2D eigenvalue weighted by Gasteiger charge is -2.11. The molecule has 0 saturated heterocycles. The van der Waals surface area contributed by atoms with Gasteiger partial charge >= 0.3 is 0 Å². The van der Waals surface area contributed by atoms with Crippen LogP contribution in [0.1, 0.15) is 21.5 Å². The van der Waals surface area contributed by atoms with Crippen LogP contribution in [0.2, 0.25) is 0 Å². The maximum Gasteiger partial charge on any atom is 0.268 e. The highest BCUT2D eigenvalue weighted by atomic mass is 16.2. The Kier molecular flexibility index (Phi) is 7.51. The van der Waals surface area contributed by atoms with Crippen molar-refractivity contribution in [1.29, 1.82) is 0 Å². The first-order chi connectivity index (χ1) is 18.7. The van der Waals surface area contributed by atoms with Crippen LogP contribution in [0.25, 0.3) is 23.0 Å². The molecule has 5 rings (SSSR count). The predicted octanol–water partition coefficient (Wildman–Crippen LogP) is 5.63. The van der Waals surface area contributed by atoms with E-state index in [4.69, 9.17) is 5.10 Å². The second-order valence-electron chi connectivity index (χ2n) is 8.63. The van der Waals surface area contributed by atoms with E-state index in [1.807, 2.05) is 103 Å². The van der Waals surface area contributed by atoms with Crippen LogP contribution < -0.4 is 10.6 Å². The average Bonchev–Trinajstić information content (AvgIpc) is 3.41. The van der Waals surface area contributed by atoms with E-state index in [-0.39, 0.29) is 11.6 Å². The molecule has 0 fully saturated rings. The highest BCUT2D eigenvalue weighted by Crippen LogP contribution is 2.25. The van der Waals surface area contributed by atoms with E-state index in [1.165, 1.54) is 0 Å². The fraction of sp³-hybridized carbons (Fsp3) is 0.0312. The molecule has 1 aromatic heterocycles. The Balaban J connectivity index is 1.54. The van der Waals surface area contributed by atoms with Gasteiger partial charge < -0.3 is 10.6 Å². The third-order valence-electron chi connectivity index (χ3n) is 5.94. The largest absolute Gasteiger partial charge is 0.347 e. The van der Waals surface area contributed by atoms with Crippen molar-refractivity contribution < 1.29 is 9.59 Å². The van der Waals surface area contributed by atoms with Gasteiger partial charge in [-0.3, -0.25) is 9.59 Å². The Morgan fingerprint density at radius 3 is 1.97 bits per heavy atom. The molecule has 0 aliphatic heterocycles. The Labute approximate surface area is 221 Å². The molecule has 38 heavy (non-hydrogen) atoms. The van der Waals surface area contributed by atoms with E-state index in [2.05, 4.69) is 10.6 Å². The number of benzene rings is 4. The molecule has 5 aromatic rings. The SMILES string of the molecule is O=C(NCc1ccccc1)/C(=C/c1cn(-c2ccccc2)nc1-c1ccccc1)NC(=O)c1ccccc1. The summed E-state index contributed by atoms with van der Waals surface area (Å²) < 4.78 is 1.77. The Hall–Kier alpha value is -5.23. The van der Waals surface area contributed by atoms with E-state index in [1.54, 1.807) is 35.0 Å². The summed E-state index contributed by atoms with van der Waals surface area (Å²) in [4.78, 5) is 26.4. The van der Waals surface area contributed by atoms with Gasteiger partial charge in [-0.1, -0.05) is 97.1 Å². The molecular weight excluding hydrogens is 472 g/mol. The van der Waals surface area contributed by atoms with Crippen LogP contribution >= 0.6 is 0 Å². The summed E-state index contributed by atoms with van der Waals surface area (Å²) in [6, 6.07) is 37.9. The first-order valence-electron chi connectivity index (χ1n) is 12.3. The molecule has 0 radical (unpaired) electrons. The molecule has 4 aromatic carbocycles. The summed E-state index contributed by atoms with van der Waals surface area (Å²) >= 11 is 0. The average molecular weight is 499 g/mol. The van der Waals surface area contributed by atoms with Crippen molar-refractivity contribution in [2.45, 2.75) is 6.54 Å². The lowest BCUT2D eigenvalue weighted by Crippen LogP contribution is -2.34. The summed E-state index contributed by atoms with van der Waals surface area (Å²) in [5.74, 6) is -0.770. The third-order valence-corrected chi connectivity index (χ3v) is 5.94. The monoisotopic (exact) mass is 498 g/mol. The van der Waals surface area contributed by atoms with Crippen LogP contribution in [0.3, 0.4) is 0 Å². The zero-order valence-corrected chi connectivity index (χ0v) is 20.6. The minimum Gasteiger partial charge on any atom is -0.347 e. The van der Waals surface area contributed by atoms with E-state index < -0.39 is 5.91 Å². The lowest BCUT2D eigenvalue weighted by molar-refractivity contribution is -0.117. The normalized spacial score (nSPS) is 11.1. The number of rotatable bonds is 8. The molecule has 186 valence electrons.